The van der Waals surface area contributed by atoms with Gasteiger partial charge in [0.2, 0.25) is 0 Å². The number of hydrogen-bond donors (Lipinski definition) is 1. The maximum atomic E-state index is 5.23. The van der Waals surface area contributed by atoms with Crippen LogP contribution >= 0.6 is 0 Å². The SMILES string of the molecule is CCCNC(Cc1ncccc1C)c1ccc(OC)cc1. The van der Waals surface area contributed by atoms with Crippen LogP contribution in [0.2, 0.25) is 0 Å². The van der Waals surface area contributed by atoms with Gasteiger partial charge in [0.15, 0.2) is 0 Å². The van der Waals surface area contributed by atoms with Gasteiger partial charge in [-0.2, -0.15) is 0 Å². The summed E-state index contributed by atoms with van der Waals surface area (Å²) in [6.07, 6.45) is 3.89. The van der Waals surface area contributed by atoms with Crippen molar-refractivity contribution in [2.45, 2.75) is 32.7 Å². The number of aromatic nitrogens is 1. The van der Waals surface area contributed by atoms with Gasteiger partial charge in [-0.25, -0.2) is 0 Å². The second-order valence-electron chi connectivity index (χ2n) is 5.25. The van der Waals surface area contributed by atoms with E-state index in [1.807, 2.05) is 24.4 Å². The van der Waals surface area contributed by atoms with E-state index in [2.05, 4.69) is 42.3 Å². The Hall–Kier alpha value is -1.87. The highest BCUT2D eigenvalue weighted by atomic mass is 16.5. The minimum absolute atomic E-state index is 0.282. The summed E-state index contributed by atoms with van der Waals surface area (Å²) < 4.78 is 5.23. The van der Waals surface area contributed by atoms with E-state index in [9.17, 15) is 0 Å². The Morgan fingerprint density at radius 1 is 1.19 bits per heavy atom. The molecule has 1 N–H and O–H groups in total. The van der Waals surface area contributed by atoms with Crippen molar-refractivity contribution in [3.8, 4) is 5.75 Å². The maximum Gasteiger partial charge on any atom is 0.118 e. The summed E-state index contributed by atoms with van der Waals surface area (Å²) in [6, 6.07) is 12.7. The Bertz CT molecular complexity index is 551. The van der Waals surface area contributed by atoms with Gasteiger partial charge in [-0.3, -0.25) is 4.98 Å². The average molecular weight is 284 g/mol. The summed E-state index contributed by atoms with van der Waals surface area (Å²) in [7, 11) is 1.69. The molecule has 1 unspecified atom stereocenters. The van der Waals surface area contributed by atoms with E-state index in [0.29, 0.717) is 0 Å². The highest BCUT2D eigenvalue weighted by Crippen LogP contribution is 2.21. The van der Waals surface area contributed by atoms with Gasteiger partial charge in [0.05, 0.1) is 7.11 Å². The van der Waals surface area contributed by atoms with E-state index in [4.69, 9.17) is 4.74 Å². The molecule has 0 bridgehead atoms. The predicted molar refractivity (Wildman–Crippen MR) is 86.7 cm³/mol. The molecule has 0 aliphatic carbocycles. The Morgan fingerprint density at radius 2 is 1.95 bits per heavy atom. The summed E-state index contributed by atoms with van der Waals surface area (Å²) in [4.78, 5) is 4.52. The Morgan fingerprint density at radius 3 is 2.57 bits per heavy atom. The molecule has 1 heterocycles. The van der Waals surface area contributed by atoms with Crippen LogP contribution in [0.3, 0.4) is 0 Å². The third-order valence-corrected chi connectivity index (χ3v) is 3.67. The van der Waals surface area contributed by atoms with E-state index in [1.54, 1.807) is 7.11 Å². The first-order chi connectivity index (χ1) is 10.2. The number of pyridine rings is 1. The van der Waals surface area contributed by atoms with Crippen molar-refractivity contribution >= 4 is 0 Å². The van der Waals surface area contributed by atoms with Crippen LogP contribution in [0, 0.1) is 6.92 Å². The van der Waals surface area contributed by atoms with Crippen molar-refractivity contribution in [3.05, 3.63) is 59.4 Å². The number of nitrogens with one attached hydrogen (secondary N) is 1. The maximum absolute atomic E-state index is 5.23. The van der Waals surface area contributed by atoms with Crippen LogP contribution in [0.25, 0.3) is 0 Å². The number of aryl methyl sites for hydroxylation is 1. The molecule has 0 saturated heterocycles. The minimum Gasteiger partial charge on any atom is -0.497 e. The van der Waals surface area contributed by atoms with E-state index < -0.39 is 0 Å². The Labute approximate surface area is 127 Å². The zero-order valence-electron chi connectivity index (χ0n) is 13.1. The van der Waals surface area contributed by atoms with Crippen molar-refractivity contribution < 1.29 is 4.74 Å². The quantitative estimate of drug-likeness (QED) is 0.842. The first-order valence-corrected chi connectivity index (χ1v) is 7.52. The molecule has 0 saturated carbocycles. The van der Waals surface area contributed by atoms with Gasteiger partial charge in [-0.05, 0) is 49.2 Å². The summed E-state index contributed by atoms with van der Waals surface area (Å²) in [6.45, 7) is 5.31. The molecule has 1 aromatic carbocycles. The molecular formula is C18H24N2O. The molecule has 2 rings (SSSR count). The standard InChI is InChI=1S/C18H24N2O/c1-4-11-19-18(13-17-14(2)6-5-12-20-17)15-7-9-16(21-3)10-8-15/h5-10,12,18-19H,4,11,13H2,1-3H3. The average Bonchev–Trinajstić information content (AvgIpc) is 2.53. The van der Waals surface area contributed by atoms with Gasteiger partial charge < -0.3 is 10.1 Å². The fraction of sp³-hybridized carbons (Fsp3) is 0.389. The highest BCUT2D eigenvalue weighted by molar-refractivity contribution is 5.30. The molecule has 0 aliphatic rings. The van der Waals surface area contributed by atoms with Crippen molar-refractivity contribution in [3.63, 3.8) is 0 Å². The fourth-order valence-electron chi connectivity index (χ4n) is 2.39. The van der Waals surface area contributed by atoms with E-state index in [0.717, 1.165) is 30.8 Å². The molecule has 3 heteroatoms. The van der Waals surface area contributed by atoms with Crippen LogP contribution in [-0.4, -0.2) is 18.6 Å². The highest BCUT2D eigenvalue weighted by Gasteiger charge is 2.13. The van der Waals surface area contributed by atoms with Crippen molar-refractivity contribution in [2.75, 3.05) is 13.7 Å². The molecule has 21 heavy (non-hydrogen) atoms. The summed E-state index contributed by atoms with van der Waals surface area (Å²) in [5, 5.41) is 3.62. The van der Waals surface area contributed by atoms with Gasteiger partial charge >= 0.3 is 0 Å². The van der Waals surface area contributed by atoms with Crippen LogP contribution in [-0.2, 0) is 6.42 Å². The van der Waals surface area contributed by atoms with Crippen LogP contribution in [0.1, 0.15) is 36.2 Å². The van der Waals surface area contributed by atoms with Crippen LogP contribution in [0.15, 0.2) is 42.6 Å². The molecule has 0 amide bonds. The number of rotatable bonds is 7. The number of benzene rings is 1. The number of hydrogen-bond acceptors (Lipinski definition) is 3. The normalized spacial score (nSPS) is 12.1. The molecule has 0 radical (unpaired) electrons. The van der Waals surface area contributed by atoms with E-state index in [1.165, 1.54) is 11.1 Å². The van der Waals surface area contributed by atoms with Crippen molar-refractivity contribution in [2.24, 2.45) is 0 Å². The second-order valence-corrected chi connectivity index (χ2v) is 5.25. The molecule has 2 aromatic rings. The van der Waals surface area contributed by atoms with Gasteiger partial charge in [-0.15, -0.1) is 0 Å². The fourth-order valence-corrected chi connectivity index (χ4v) is 2.39. The summed E-state index contributed by atoms with van der Waals surface area (Å²) in [5.41, 5.74) is 3.67. The number of ether oxygens (including phenoxy) is 1. The smallest absolute Gasteiger partial charge is 0.118 e. The lowest BCUT2D eigenvalue weighted by molar-refractivity contribution is 0.414. The molecule has 1 aromatic heterocycles. The first-order valence-electron chi connectivity index (χ1n) is 7.52. The lowest BCUT2D eigenvalue weighted by atomic mass is 9.99. The van der Waals surface area contributed by atoms with Gasteiger partial charge in [0.25, 0.3) is 0 Å². The van der Waals surface area contributed by atoms with Gasteiger partial charge in [0, 0.05) is 24.4 Å². The number of methoxy groups -OCH3 is 1. The largest absolute Gasteiger partial charge is 0.497 e. The Kier molecular flexibility index (Phi) is 5.76. The molecule has 1 atom stereocenters. The Balaban J connectivity index is 2.18. The molecule has 0 spiro atoms. The molecular weight excluding hydrogens is 260 g/mol. The summed E-state index contributed by atoms with van der Waals surface area (Å²) in [5.74, 6) is 0.891. The van der Waals surface area contributed by atoms with Gasteiger partial charge in [0.1, 0.15) is 5.75 Å². The second kappa shape index (κ2) is 7.79. The number of nitrogens with zero attached hydrogens (tertiary/aromatic N) is 1. The zero-order valence-corrected chi connectivity index (χ0v) is 13.1. The monoisotopic (exact) mass is 284 g/mol. The predicted octanol–water partition coefficient (Wildman–Crippen LogP) is 3.68. The van der Waals surface area contributed by atoms with E-state index in [-0.39, 0.29) is 6.04 Å². The lowest BCUT2D eigenvalue weighted by Gasteiger charge is -2.20. The molecule has 112 valence electrons. The van der Waals surface area contributed by atoms with Crippen LogP contribution in [0.5, 0.6) is 5.75 Å². The topological polar surface area (TPSA) is 34.2 Å². The molecule has 3 nitrogen and oxygen atoms in total. The van der Waals surface area contributed by atoms with E-state index >= 15 is 0 Å². The molecule has 0 fully saturated rings. The van der Waals surface area contributed by atoms with Gasteiger partial charge in [-0.1, -0.05) is 25.1 Å². The first kappa shape index (κ1) is 15.5. The summed E-state index contributed by atoms with van der Waals surface area (Å²) >= 11 is 0. The third-order valence-electron chi connectivity index (χ3n) is 3.67. The zero-order chi connectivity index (χ0) is 15.1. The van der Waals surface area contributed by atoms with Crippen molar-refractivity contribution in [1.82, 2.24) is 10.3 Å². The molecule has 0 aliphatic heterocycles. The van der Waals surface area contributed by atoms with Crippen molar-refractivity contribution in [1.29, 1.82) is 0 Å². The third kappa shape index (κ3) is 4.30. The van der Waals surface area contributed by atoms with Crippen LogP contribution in [0.4, 0.5) is 0 Å². The van der Waals surface area contributed by atoms with Crippen LogP contribution < -0.4 is 10.1 Å². The minimum atomic E-state index is 0.282. The lowest BCUT2D eigenvalue weighted by Crippen LogP contribution is -2.24.